The van der Waals surface area contributed by atoms with E-state index >= 15 is 0 Å². The second kappa shape index (κ2) is 7.82. The van der Waals surface area contributed by atoms with E-state index in [1.54, 1.807) is 36.4 Å². The van der Waals surface area contributed by atoms with Crippen LogP contribution in [0, 0.1) is 5.82 Å². The number of hydrogen-bond donors (Lipinski definition) is 1. The van der Waals surface area contributed by atoms with E-state index in [1.807, 2.05) is 0 Å². The summed E-state index contributed by atoms with van der Waals surface area (Å²) in [5, 5.41) is 2.17. The first-order valence-electron chi connectivity index (χ1n) is 8.26. The molecular weight excluding hydrogens is 351 g/mol. The van der Waals surface area contributed by atoms with Gasteiger partial charge in [-0.3, -0.25) is 19.8 Å². The Hall–Kier alpha value is -3.48. The topological polar surface area (TPSA) is 75.7 Å². The largest absolute Gasteiger partial charge is 0.496 e. The van der Waals surface area contributed by atoms with Gasteiger partial charge < -0.3 is 4.74 Å². The number of halogens is 1. The zero-order valence-corrected chi connectivity index (χ0v) is 14.6. The van der Waals surface area contributed by atoms with Gasteiger partial charge in [0.25, 0.3) is 11.8 Å². The number of benzene rings is 2. The lowest BCUT2D eigenvalue weighted by molar-refractivity contribution is -0.130. The molecule has 1 heterocycles. The first-order chi connectivity index (χ1) is 13.0. The van der Waals surface area contributed by atoms with Crippen LogP contribution in [0.1, 0.15) is 11.1 Å². The first-order valence-corrected chi connectivity index (χ1v) is 8.26. The summed E-state index contributed by atoms with van der Waals surface area (Å²) in [5.74, 6) is -1.30. The molecule has 138 valence electrons. The van der Waals surface area contributed by atoms with Gasteiger partial charge in [0, 0.05) is 12.1 Å². The molecule has 0 saturated carbocycles. The zero-order valence-electron chi connectivity index (χ0n) is 14.6. The van der Waals surface area contributed by atoms with E-state index in [0.717, 1.165) is 10.5 Å². The maximum Gasteiger partial charge on any atom is 0.331 e. The molecule has 1 N–H and O–H groups in total. The van der Waals surface area contributed by atoms with Gasteiger partial charge in [-0.25, -0.2) is 9.18 Å². The van der Waals surface area contributed by atoms with Crippen LogP contribution in [-0.2, 0) is 16.0 Å². The van der Waals surface area contributed by atoms with Crippen molar-refractivity contribution >= 4 is 23.9 Å². The second-order valence-electron chi connectivity index (χ2n) is 5.89. The lowest BCUT2D eigenvalue weighted by Gasteiger charge is -2.26. The number of nitrogens with one attached hydrogen (secondary N) is 1. The standard InChI is InChI=1S/C20H17FN2O4/c1-27-17-5-3-2-4-14(17)12-16-18(24)22-20(26)23(19(16)25)11-10-13-6-8-15(21)9-7-13/h2-9,12H,10-11H2,1H3,(H,22,24,26)/b16-12+. The van der Waals surface area contributed by atoms with E-state index in [1.165, 1.54) is 25.3 Å². The molecule has 1 saturated heterocycles. The number of nitrogens with zero attached hydrogens (tertiary/aromatic N) is 1. The number of para-hydroxylation sites is 1. The van der Waals surface area contributed by atoms with Crippen molar-refractivity contribution in [3.63, 3.8) is 0 Å². The SMILES string of the molecule is COc1ccccc1/C=C1\C(=O)NC(=O)N(CCc2ccc(F)cc2)C1=O. The van der Waals surface area contributed by atoms with Crippen molar-refractivity contribution in [1.29, 1.82) is 0 Å². The predicted octanol–water partition coefficient (Wildman–Crippen LogP) is 2.54. The Kier molecular flexibility index (Phi) is 5.30. The fourth-order valence-corrected chi connectivity index (χ4v) is 2.73. The number of ether oxygens (including phenoxy) is 1. The summed E-state index contributed by atoms with van der Waals surface area (Å²) in [6.07, 6.45) is 1.74. The van der Waals surface area contributed by atoms with Crippen LogP contribution < -0.4 is 10.1 Å². The van der Waals surface area contributed by atoms with Gasteiger partial charge in [0.15, 0.2) is 0 Å². The maximum atomic E-state index is 13.0. The molecule has 4 amide bonds. The highest BCUT2D eigenvalue weighted by molar-refractivity contribution is 6.31. The van der Waals surface area contributed by atoms with E-state index < -0.39 is 17.8 Å². The fourth-order valence-electron chi connectivity index (χ4n) is 2.73. The summed E-state index contributed by atoms with van der Waals surface area (Å²) < 4.78 is 18.2. The third kappa shape index (κ3) is 4.03. The van der Waals surface area contributed by atoms with Crippen LogP contribution in [0.25, 0.3) is 6.08 Å². The Labute approximate surface area is 155 Å². The van der Waals surface area contributed by atoms with Crippen LogP contribution >= 0.6 is 0 Å². The molecule has 0 atom stereocenters. The van der Waals surface area contributed by atoms with Crippen molar-refractivity contribution in [2.45, 2.75) is 6.42 Å². The highest BCUT2D eigenvalue weighted by Crippen LogP contribution is 2.22. The minimum Gasteiger partial charge on any atom is -0.496 e. The molecule has 2 aromatic rings. The number of barbiturate groups is 1. The molecule has 0 spiro atoms. The molecule has 6 nitrogen and oxygen atoms in total. The fraction of sp³-hybridized carbons (Fsp3) is 0.150. The van der Waals surface area contributed by atoms with Crippen LogP contribution in [0.15, 0.2) is 54.1 Å². The molecule has 0 unspecified atom stereocenters. The molecule has 1 fully saturated rings. The van der Waals surface area contributed by atoms with Gasteiger partial charge in [0.05, 0.1) is 7.11 Å². The summed E-state index contributed by atoms with van der Waals surface area (Å²) in [5.41, 5.74) is 1.16. The third-order valence-electron chi connectivity index (χ3n) is 4.16. The lowest BCUT2D eigenvalue weighted by atomic mass is 10.1. The minimum absolute atomic E-state index is 0.0623. The monoisotopic (exact) mass is 368 g/mol. The molecule has 3 rings (SSSR count). The van der Waals surface area contributed by atoms with Crippen LogP contribution in [0.5, 0.6) is 5.75 Å². The summed E-state index contributed by atoms with van der Waals surface area (Å²) in [6, 6.07) is 11.9. The smallest absolute Gasteiger partial charge is 0.331 e. The molecule has 0 aromatic heterocycles. The number of rotatable bonds is 5. The number of carbonyl (C=O) groups excluding carboxylic acids is 3. The molecule has 1 aliphatic rings. The number of imide groups is 2. The Bertz CT molecular complexity index is 922. The van der Waals surface area contributed by atoms with Crippen molar-refractivity contribution in [2.75, 3.05) is 13.7 Å². The van der Waals surface area contributed by atoms with Crippen molar-refractivity contribution in [2.24, 2.45) is 0 Å². The third-order valence-corrected chi connectivity index (χ3v) is 4.16. The van der Waals surface area contributed by atoms with E-state index in [9.17, 15) is 18.8 Å². The van der Waals surface area contributed by atoms with Crippen molar-refractivity contribution < 1.29 is 23.5 Å². The van der Waals surface area contributed by atoms with Crippen LogP contribution in [0.2, 0.25) is 0 Å². The first kappa shape index (κ1) is 18.3. The second-order valence-corrected chi connectivity index (χ2v) is 5.89. The average Bonchev–Trinajstić information content (AvgIpc) is 2.66. The molecule has 7 heteroatoms. The van der Waals surface area contributed by atoms with Gasteiger partial charge in [-0.2, -0.15) is 0 Å². The maximum absolute atomic E-state index is 13.0. The van der Waals surface area contributed by atoms with E-state index in [-0.39, 0.29) is 17.9 Å². The van der Waals surface area contributed by atoms with Crippen molar-refractivity contribution in [3.8, 4) is 5.75 Å². The Balaban J connectivity index is 1.83. The van der Waals surface area contributed by atoms with Gasteiger partial charge >= 0.3 is 6.03 Å². The highest BCUT2D eigenvalue weighted by atomic mass is 19.1. The summed E-state index contributed by atoms with van der Waals surface area (Å²) in [7, 11) is 1.48. The Morgan fingerprint density at radius 3 is 2.48 bits per heavy atom. The molecule has 0 bridgehead atoms. The van der Waals surface area contributed by atoms with E-state index in [2.05, 4.69) is 5.32 Å². The van der Waals surface area contributed by atoms with Gasteiger partial charge in [0.2, 0.25) is 0 Å². The van der Waals surface area contributed by atoms with Gasteiger partial charge in [0.1, 0.15) is 17.1 Å². The average molecular weight is 368 g/mol. The quantitative estimate of drug-likeness (QED) is 0.650. The van der Waals surface area contributed by atoms with E-state index in [0.29, 0.717) is 17.7 Å². The number of urea groups is 1. The molecule has 0 aliphatic carbocycles. The van der Waals surface area contributed by atoms with Crippen LogP contribution in [-0.4, -0.2) is 36.4 Å². The Morgan fingerprint density at radius 1 is 1.07 bits per heavy atom. The number of hydrogen-bond acceptors (Lipinski definition) is 4. The normalized spacial score (nSPS) is 15.9. The van der Waals surface area contributed by atoms with Crippen LogP contribution in [0.4, 0.5) is 9.18 Å². The molecule has 27 heavy (non-hydrogen) atoms. The summed E-state index contributed by atoms with van der Waals surface area (Å²) in [6.45, 7) is 0.0623. The number of amides is 4. The van der Waals surface area contributed by atoms with Crippen LogP contribution in [0.3, 0.4) is 0 Å². The van der Waals surface area contributed by atoms with Gasteiger partial charge in [-0.15, -0.1) is 0 Å². The summed E-state index contributed by atoms with van der Waals surface area (Å²) >= 11 is 0. The minimum atomic E-state index is -0.774. The highest BCUT2D eigenvalue weighted by Gasteiger charge is 2.35. The van der Waals surface area contributed by atoms with Gasteiger partial charge in [-0.1, -0.05) is 30.3 Å². The molecule has 0 radical (unpaired) electrons. The Morgan fingerprint density at radius 2 is 1.78 bits per heavy atom. The molecule has 2 aromatic carbocycles. The van der Waals surface area contributed by atoms with Gasteiger partial charge in [-0.05, 0) is 36.3 Å². The summed E-state index contributed by atoms with van der Waals surface area (Å²) in [4.78, 5) is 37.9. The molecule has 1 aliphatic heterocycles. The van der Waals surface area contributed by atoms with E-state index in [4.69, 9.17) is 4.74 Å². The number of carbonyl (C=O) groups is 3. The number of methoxy groups -OCH3 is 1. The lowest BCUT2D eigenvalue weighted by Crippen LogP contribution is -2.54. The van der Waals surface area contributed by atoms with Crippen molar-refractivity contribution in [1.82, 2.24) is 10.2 Å². The van der Waals surface area contributed by atoms with Crippen molar-refractivity contribution in [3.05, 3.63) is 71.0 Å². The molecular formula is C20H17FN2O4. The zero-order chi connectivity index (χ0) is 19.4. The predicted molar refractivity (Wildman–Crippen MR) is 96.3 cm³/mol.